The van der Waals surface area contributed by atoms with Crippen molar-refractivity contribution in [3.05, 3.63) is 57.7 Å². The Kier molecular flexibility index (Phi) is 5.52. The summed E-state index contributed by atoms with van der Waals surface area (Å²) in [5, 5.41) is 9.38. The largest absolute Gasteiger partial charge is 0.487 e. The summed E-state index contributed by atoms with van der Waals surface area (Å²) in [5.74, 6) is 1.21. The van der Waals surface area contributed by atoms with Crippen LogP contribution in [0.5, 0.6) is 5.75 Å². The number of anilines is 1. The van der Waals surface area contributed by atoms with Gasteiger partial charge in [-0.1, -0.05) is 24.6 Å². The lowest BCUT2D eigenvalue weighted by molar-refractivity contribution is -0.117. The van der Waals surface area contributed by atoms with Crippen molar-refractivity contribution < 1.29 is 9.53 Å². The summed E-state index contributed by atoms with van der Waals surface area (Å²) in [5.41, 5.74) is 0.512. The highest BCUT2D eigenvalue weighted by atomic mass is 32.1. The molecule has 0 spiro atoms. The molecule has 0 saturated heterocycles. The number of rotatable bonds is 6. The number of hydrogen-bond acceptors (Lipinski definition) is 6. The lowest BCUT2D eigenvalue weighted by Crippen LogP contribution is -2.30. The van der Waals surface area contributed by atoms with Crippen LogP contribution in [-0.4, -0.2) is 25.2 Å². The Morgan fingerprint density at radius 3 is 2.93 bits per heavy atom. The van der Waals surface area contributed by atoms with Gasteiger partial charge in [-0.05, 0) is 25.0 Å². The molecule has 0 radical (unpaired) electrons. The minimum atomic E-state index is -0.319. The second-order valence-electron chi connectivity index (χ2n) is 6.61. The first-order chi connectivity index (χ1) is 13.7. The molecule has 1 N–H and O–H groups in total. The van der Waals surface area contributed by atoms with Crippen molar-refractivity contribution in [3.63, 3.8) is 0 Å². The van der Waals surface area contributed by atoms with Crippen LogP contribution in [0.3, 0.4) is 0 Å². The Morgan fingerprint density at radius 1 is 1.21 bits per heavy atom. The lowest BCUT2D eigenvalue weighted by atomic mass is 10.2. The third-order valence-corrected chi connectivity index (χ3v) is 5.31. The first kappa shape index (κ1) is 18.4. The van der Waals surface area contributed by atoms with E-state index >= 15 is 0 Å². The Morgan fingerprint density at radius 2 is 2.07 bits per heavy atom. The van der Waals surface area contributed by atoms with E-state index in [1.807, 2.05) is 35.7 Å². The number of benzene rings is 1. The van der Waals surface area contributed by atoms with E-state index < -0.39 is 0 Å². The topological polar surface area (TPSA) is 91.0 Å². The number of para-hydroxylation sites is 1. The van der Waals surface area contributed by atoms with Gasteiger partial charge in [-0.2, -0.15) is 5.10 Å². The number of aryl methyl sites for hydroxylation is 1. The van der Waals surface area contributed by atoms with Gasteiger partial charge >= 0.3 is 5.69 Å². The Balaban J connectivity index is 1.34. The third kappa shape index (κ3) is 4.30. The predicted molar refractivity (Wildman–Crippen MR) is 106 cm³/mol. The van der Waals surface area contributed by atoms with Crippen molar-refractivity contribution >= 4 is 22.4 Å². The molecular weight excluding hydrogens is 378 g/mol. The smallest absolute Gasteiger partial charge is 0.346 e. The summed E-state index contributed by atoms with van der Waals surface area (Å²) in [6.45, 7) is 0.880. The van der Waals surface area contributed by atoms with Gasteiger partial charge in [0.05, 0.1) is 5.69 Å². The number of hydrogen-bond donors (Lipinski definition) is 1. The van der Waals surface area contributed by atoms with Crippen LogP contribution in [0.15, 0.2) is 40.5 Å². The number of aromatic nitrogens is 4. The van der Waals surface area contributed by atoms with E-state index in [9.17, 15) is 9.59 Å². The minimum absolute atomic E-state index is 0.117. The van der Waals surface area contributed by atoms with Gasteiger partial charge in [-0.15, -0.1) is 11.3 Å². The number of carbonyl (C=O) groups is 1. The van der Waals surface area contributed by atoms with Gasteiger partial charge < -0.3 is 10.1 Å². The molecule has 1 aliphatic rings. The SMILES string of the molecule is O=C(Cn1nc2n(c1=O)CCCCC2)Nc1nc(COc2ccccc2)cs1. The van der Waals surface area contributed by atoms with Gasteiger partial charge in [0.1, 0.15) is 24.7 Å². The summed E-state index contributed by atoms with van der Waals surface area (Å²) in [6.07, 6.45) is 3.87. The normalized spacial score (nSPS) is 13.6. The highest BCUT2D eigenvalue weighted by Crippen LogP contribution is 2.18. The van der Waals surface area contributed by atoms with Crippen molar-refractivity contribution in [2.24, 2.45) is 0 Å². The number of thiazole rings is 1. The molecule has 3 aromatic rings. The molecule has 0 atom stereocenters. The molecule has 1 aliphatic heterocycles. The van der Waals surface area contributed by atoms with E-state index in [0.717, 1.165) is 43.0 Å². The van der Waals surface area contributed by atoms with Gasteiger partial charge in [0.2, 0.25) is 5.91 Å². The molecule has 2 aromatic heterocycles. The third-order valence-electron chi connectivity index (χ3n) is 4.50. The maximum atomic E-state index is 12.4. The summed E-state index contributed by atoms with van der Waals surface area (Å²) in [6, 6.07) is 9.48. The van der Waals surface area contributed by atoms with Crippen LogP contribution >= 0.6 is 11.3 Å². The monoisotopic (exact) mass is 399 g/mol. The average molecular weight is 399 g/mol. The van der Waals surface area contributed by atoms with Crippen LogP contribution in [-0.2, 0) is 30.9 Å². The zero-order valence-corrected chi connectivity index (χ0v) is 16.2. The molecule has 9 heteroatoms. The molecule has 1 amide bonds. The molecular formula is C19H21N5O3S. The summed E-state index contributed by atoms with van der Waals surface area (Å²) in [4.78, 5) is 29.1. The van der Waals surface area contributed by atoms with Crippen molar-refractivity contribution in [1.29, 1.82) is 0 Å². The van der Waals surface area contributed by atoms with E-state index in [-0.39, 0.29) is 18.1 Å². The molecule has 146 valence electrons. The first-order valence-electron chi connectivity index (χ1n) is 9.27. The fraction of sp³-hybridized carbons (Fsp3) is 0.368. The maximum absolute atomic E-state index is 12.4. The molecule has 0 fully saturated rings. The fourth-order valence-corrected chi connectivity index (χ4v) is 3.84. The molecule has 0 saturated carbocycles. The molecule has 0 aliphatic carbocycles. The number of fused-ring (bicyclic) bond motifs is 1. The Bertz CT molecular complexity index is 1010. The lowest BCUT2D eigenvalue weighted by Gasteiger charge is -2.03. The number of nitrogens with zero attached hydrogens (tertiary/aromatic N) is 4. The highest BCUT2D eigenvalue weighted by Gasteiger charge is 2.17. The van der Waals surface area contributed by atoms with E-state index in [1.165, 1.54) is 16.0 Å². The van der Waals surface area contributed by atoms with Crippen LogP contribution in [0.2, 0.25) is 0 Å². The van der Waals surface area contributed by atoms with Crippen molar-refractivity contribution in [1.82, 2.24) is 19.3 Å². The Hall–Kier alpha value is -2.94. The van der Waals surface area contributed by atoms with Crippen LogP contribution in [0, 0.1) is 0 Å². The molecule has 0 bridgehead atoms. The molecule has 4 rings (SSSR count). The number of carbonyl (C=O) groups excluding carboxylic acids is 1. The molecule has 3 heterocycles. The van der Waals surface area contributed by atoms with Gasteiger partial charge in [0, 0.05) is 18.3 Å². The van der Waals surface area contributed by atoms with Crippen molar-refractivity contribution in [2.75, 3.05) is 5.32 Å². The number of amides is 1. The average Bonchev–Trinajstić information content (AvgIpc) is 3.16. The van der Waals surface area contributed by atoms with Gasteiger partial charge in [-0.3, -0.25) is 9.36 Å². The predicted octanol–water partition coefficient (Wildman–Crippen LogP) is 2.45. The standard InChI is InChI=1S/C19H21N5O3S/c25-17(11-24-19(26)23-10-6-2-5-9-16(23)22-24)21-18-20-14(13-28-18)12-27-15-7-3-1-4-8-15/h1,3-4,7-8,13H,2,5-6,9-12H2,(H,20,21,25). The van der Waals surface area contributed by atoms with E-state index in [2.05, 4.69) is 15.4 Å². The van der Waals surface area contributed by atoms with Gasteiger partial charge in [0.15, 0.2) is 5.13 Å². The zero-order chi connectivity index (χ0) is 19.3. The summed E-state index contributed by atoms with van der Waals surface area (Å²) >= 11 is 1.32. The van der Waals surface area contributed by atoms with E-state index in [4.69, 9.17) is 4.74 Å². The number of nitrogens with one attached hydrogen (secondary N) is 1. The molecule has 1 aromatic carbocycles. The quantitative estimate of drug-likeness (QED) is 0.687. The number of ether oxygens (including phenoxy) is 1. The van der Waals surface area contributed by atoms with Gasteiger partial charge in [-0.25, -0.2) is 14.5 Å². The molecule has 28 heavy (non-hydrogen) atoms. The highest BCUT2D eigenvalue weighted by molar-refractivity contribution is 7.13. The van der Waals surface area contributed by atoms with Crippen LogP contribution in [0.1, 0.15) is 30.8 Å². The minimum Gasteiger partial charge on any atom is -0.487 e. The molecule has 0 unspecified atom stereocenters. The second kappa shape index (κ2) is 8.39. The van der Waals surface area contributed by atoms with Crippen molar-refractivity contribution in [2.45, 2.75) is 45.4 Å². The fourth-order valence-electron chi connectivity index (χ4n) is 3.13. The second-order valence-corrected chi connectivity index (χ2v) is 7.47. The van der Waals surface area contributed by atoms with E-state index in [1.54, 1.807) is 4.57 Å². The van der Waals surface area contributed by atoms with Crippen LogP contribution in [0.25, 0.3) is 0 Å². The van der Waals surface area contributed by atoms with Crippen LogP contribution in [0.4, 0.5) is 5.13 Å². The maximum Gasteiger partial charge on any atom is 0.346 e. The molecule has 8 nitrogen and oxygen atoms in total. The zero-order valence-electron chi connectivity index (χ0n) is 15.3. The van der Waals surface area contributed by atoms with Crippen molar-refractivity contribution in [3.8, 4) is 5.75 Å². The van der Waals surface area contributed by atoms with Crippen LogP contribution < -0.4 is 15.7 Å². The van der Waals surface area contributed by atoms with E-state index in [0.29, 0.717) is 18.3 Å². The summed E-state index contributed by atoms with van der Waals surface area (Å²) in [7, 11) is 0. The Labute approximate surface area is 165 Å². The first-order valence-corrected chi connectivity index (χ1v) is 10.2. The van der Waals surface area contributed by atoms with Gasteiger partial charge in [0.25, 0.3) is 0 Å². The summed E-state index contributed by atoms with van der Waals surface area (Å²) < 4.78 is 8.57.